The van der Waals surface area contributed by atoms with Crippen LogP contribution in [0.3, 0.4) is 0 Å². The van der Waals surface area contributed by atoms with E-state index in [0.717, 1.165) is 6.07 Å². The fraction of sp³-hybridized carbons (Fsp3) is 0.375. The summed E-state index contributed by atoms with van der Waals surface area (Å²) in [6.45, 7) is 2.49. The van der Waals surface area contributed by atoms with E-state index in [1.165, 1.54) is 34.0 Å². The minimum absolute atomic E-state index is 0.119. The van der Waals surface area contributed by atoms with E-state index in [1.54, 1.807) is 18.9 Å². The maximum atomic E-state index is 13.9. The lowest BCUT2D eigenvalue weighted by atomic mass is 10.2. The first-order valence-electron chi connectivity index (χ1n) is 8.04. The summed E-state index contributed by atoms with van der Waals surface area (Å²) in [6.07, 6.45) is 0. The molecule has 1 fully saturated rings. The summed E-state index contributed by atoms with van der Waals surface area (Å²) >= 11 is 1.22. The normalized spacial score (nSPS) is 15.9. The molecule has 1 saturated heterocycles. The molecule has 2 heterocycles. The number of hydrogen-bond donors (Lipinski definition) is 1. The summed E-state index contributed by atoms with van der Waals surface area (Å²) in [5, 5.41) is 3.65. The van der Waals surface area contributed by atoms with Gasteiger partial charge in [0.2, 0.25) is 10.0 Å². The van der Waals surface area contributed by atoms with Gasteiger partial charge in [0.25, 0.3) is 5.91 Å². The number of nitrogens with one attached hydrogen (secondary N) is 1. The van der Waals surface area contributed by atoms with Crippen molar-refractivity contribution < 1.29 is 17.6 Å². The molecule has 1 N–H and O–H groups in total. The van der Waals surface area contributed by atoms with Gasteiger partial charge in [0.05, 0.1) is 11.3 Å². The summed E-state index contributed by atoms with van der Waals surface area (Å²) < 4.78 is 44.5. The topological polar surface area (TPSA) is 82.6 Å². The number of carbonyl (C=O) groups excluding carboxylic acids is 1. The Morgan fingerprint density at radius 3 is 2.50 bits per heavy atom. The quantitative estimate of drug-likeness (QED) is 0.849. The van der Waals surface area contributed by atoms with Crippen LogP contribution in [-0.4, -0.2) is 61.1 Å². The van der Waals surface area contributed by atoms with Gasteiger partial charge in [-0.1, -0.05) is 12.1 Å². The molecule has 0 unspecified atom stereocenters. The second-order valence-electron chi connectivity index (χ2n) is 5.85. The number of benzene rings is 1. The van der Waals surface area contributed by atoms with Gasteiger partial charge in [0.1, 0.15) is 15.7 Å². The minimum atomic E-state index is -3.92. The van der Waals surface area contributed by atoms with Crippen LogP contribution in [0.2, 0.25) is 0 Å². The Hall–Kier alpha value is -2.04. The lowest BCUT2D eigenvalue weighted by molar-refractivity contribution is 0.0698. The van der Waals surface area contributed by atoms with Gasteiger partial charge < -0.3 is 10.2 Å². The Morgan fingerprint density at radius 2 is 1.88 bits per heavy atom. The van der Waals surface area contributed by atoms with Crippen molar-refractivity contribution in [3.63, 3.8) is 0 Å². The molecule has 0 spiro atoms. The fourth-order valence-corrected chi connectivity index (χ4v) is 5.10. The molecule has 26 heavy (non-hydrogen) atoms. The Balaban J connectivity index is 1.74. The van der Waals surface area contributed by atoms with E-state index < -0.39 is 15.8 Å². The monoisotopic (exact) mass is 398 g/mol. The molecule has 1 aliphatic heterocycles. The molecule has 0 saturated carbocycles. The highest BCUT2D eigenvalue weighted by Gasteiger charge is 2.33. The zero-order valence-electron chi connectivity index (χ0n) is 14.4. The van der Waals surface area contributed by atoms with Gasteiger partial charge in [-0.2, -0.15) is 8.68 Å². The molecule has 0 atom stereocenters. The predicted molar refractivity (Wildman–Crippen MR) is 97.5 cm³/mol. The number of rotatable bonds is 4. The van der Waals surface area contributed by atoms with Crippen molar-refractivity contribution in [2.45, 2.75) is 11.8 Å². The first kappa shape index (κ1) is 18.7. The minimum Gasteiger partial charge on any atom is -0.378 e. The van der Waals surface area contributed by atoms with E-state index in [9.17, 15) is 17.6 Å². The number of hydrogen-bond acceptors (Lipinski definition) is 6. The van der Waals surface area contributed by atoms with E-state index in [-0.39, 0.29) is 37.0 Å². The number of amides is 1. The third kappa shape index (κ3) is 3.31. The molecule has 10 heteroatoms. The summed E-state index contributed by atoms with van der Waals surface area (Å²) in [5.41, 5.74) is 1.16. The first-order chi connectivity index (χ1) is 12.4. The molecule has 7 nitrogen and oxygen atoms in total. The third-order valence-corrected chi connectivity index (χ3v) is 7.17. The van der Waals surface area contributed by atoms with E-state index in [4.69, 9.17) is 0 Å². The molecule has 140 valence electrons. The van der Waals surface area contributed by atoms with Crippen LogP contribution in [0.15, 0.2) is 29.2 Å². The first-order valence-corrected chi connectivity index (χ1v) is 10.3. The zero-order valence-corrected chi connectivity index (χ0v) is 16.0. The summed E-state index contributed by atoms with van der Waals surface area (Å²) in [6, 6.07) is 5.31. The maximum absolute atomic E-state index is 13.9. The van der Waals surface area contributed by atoms with Crippen molar-refractivity contribution in [3.05, 3.63) is 41.3 Å². The van der Waals surface area contributed by atoms with Crippen molar-refractivity contribution >= 4 is 32.5 Å². The van der Waals surface area contributed by atoms with E-state index >= 15 is 0 Å². The highest BCUT2D eigenvalue weighted by Crippen LogP contribution is 2.26. The average molecular weight is 398 g/mol. The van der Waals surface area contributed by atoms with Crippen LogP contribution < -0.4 is 5.32 Å². The average Bonchev–Trinajstić information content (AvgIpc) is 3.02. The van der Waals surface area contributed by atoms with Gasteiger partial charge in [0, 0.05) is 33.2 Å². The number of piperazine rings is 1. The largest absolute Gasteiger partial charge is 0.378 e. The van der Waals surface area contributed by atoms with Crippen LogP contribution in [0.4, 0.5) is 9.39 Å². The molecule has 0 aliphatic carbocycles. The Morgan fingerprint density at radius 1 is 1.23 bits per heavy atom. The Kier molecular flexibility index (Phi) is 5.26. The van der Waals surface area contributed by atoms with Gasteiger partial charge >= 0.3 is 0 Å². The smallest absolute Gasteiger partial charge is 0.258 e. The van der Waals surface area contributed by atoms with Gasteiger partial charge in [-0.25, -0.2) is 12.8 Å². The van der Waals surface area contributed by atoms with E-state index in [2.05, 4.69) is 9.69 Å². The van der Waals surface area contributed by atoms with Gasteiger partial charge in [-0.3, -0.25) is 4.79 Å². The highest BCUT2D eigenvalue weighted by molar-refractivity contribution is 7.89. The molecule has 0 bridgehead atoms. The summed E-state index contributed by atoms with van der Waals surface area (Å²) in [4.78, 5) is 14.0. The van der Waals surface area contributed by atoms with Crippen LogP contribution in [0.1, 0.15) is 16.1 Å². The maximum Gasteiger partial charge on any atom is 0.258 e. The van der Waals surface area contributed by atoms with Crippen LogP contribution in [0, 0.1) is 12.7 Å². The molecule has 1 aliphatic rings. The van der Waals surface area contributed by atoms with Gasteiger partial charge in [-0.15, -0.1) is 0 Å². The van der Waals surface area contributed by atoms with Crippen molar-refractivity contribution in [3.8, 4) is 0 Å². The van der Waals surface area contributed by atoms with Gasteiger partial charge in [0.15, 0.2) is 0 Å². The number of anilines is 1. The molecule has 1 amide bonds. The molecule has 1 aromatic carbocycles. The van der Waals surface area contributed by atoms with Crippen LogP contribution in [0.5, 0.6) is 0 Å². The Bertz CT molecular complexity index is 921. The van der Waals surface area contributed by atoms with E-state index in [1.807, 2.05) is 0 Å². The molecule has 0 radical (unpaired) electrons. The number of aryl methyl sites for hydroxylation is 1. The van der Waals surface area contributed by atoms with Crippen LogP contribution in [0.25, 0.3) is 0 Å². The Labute approximate surface area is 155 Å². The number of nitrogens with zero attached hydrogens (tertiary/aromatic N) is 3. The lowest BCUT2D eigenvalue weighted by Gasteiger charge is -2.34. The van der Waals surface area contributed by atoms with Crippen molar-refractivity contribution in [1.29, 1.82) is 0 Å². The number of halogens is 1. The molecule has 3 rings (SSSR count). The standard InChI is InChI=1S/C16H19FN4O3S2/c1-11-14(15(18-2)25-19-11)16(22)20-7-9-21(10-8-20)26(23,24)13-6-4-3-5-12(13)17/h3-6,18H,7-10H2,1-2H3. The number of aromatic nitrogens is 1. The fourth-order valence-electron chi connectivity index (χ4n) is 2.87. The highest BCUT2D eigenvalue weighted by atomic mass is 32.2. The number of sulfonamides is 1. The second kappa shape index (κ2) is 7.29. The molecule has 2 aromatic rings. The number of carbonyl (C=O) groups is 1. The molecular weight excluding hydrogens is 379 g/mol. The summed E-state index contributed by atoms with van der Waals surface area (Å²) in [7, 11) is -2.19. The predicted octanol–water partition coefficient (Wildman–Crippen LogP) is 1.78. The second-order valence-corrected chi connectivity index (χ2v) is 8.53. The van der Waals surface area contributed by atoms with Crippen LogP contribution >= 0.6 is 11.5 Å². The van der Waals surface area contributed by atoms with Crippen molar-refractivity contribution in [2.75, 3.05) is 38.5 Å². The van der Waals surface area contributed by atoms with Crippen LogP contribution in [-0.2, 0) is 10.0 Å². The van der Waals surface area contributed by atoms with E-state index in [0.29, 0.717) is 16.3 Å². The lowest BCUT2D eigenvalue weighted by Crippen LogP contribution is -2.50. The third-order valence-electron chi connectivity index (χ3n) is 4.28. The zero-order chi connectivity index (χ0) is 18.9. The van der Waals surface area contributed by atoms with Crippen molar-refractivity contribution in [2.24, 2.45) is 0 Å². The molecule has 1 aromatic heterocycles. The summed E-state index contributed by atoms with van der Waals surface area (Å²) in [5.74, 6) is -0.951. The van der Waals surface area contributed by atoms with Gasteiger partial charge in [-0.05, 0) is 30.6 Å². The SMILES string of the molecule is CNc1snc(C)c1C(=O)N1CCN(S(=O)(=O)c2ccccc2F)CC1. The molecular formula is C16H19FN4O3S2. The van der Waals surface area contributed by atoms with Crippen molar-refractivity contribution in [1.82, 2.24) is 13.6 Å².